The lowest BCUT2D eigenvalue weighted by Crippen LogP contribution is -2.38. The predicted molar refractivity (Wildman–Crippen MR) is 88.9 cm³/mol. The molecule has 3 aromatic rings. The molecule has 0 bridgehead atoms. The zero-order valence-electron chi connectivity index (χ0n) is 13.8. The third-order valence-electron chi connectivity index (χ3n) is 3.89. The summed E-state index contributed by atoms with van der Waals surface area (Å²) in [6.07, 6.45) is 3.72. The maximum atomic E-state index is 12.7. The van der Waals surface area contributed by atoms with E-state index >= 15 is 0 Å². The normalized spacial score (nSPS) is 10.6. The third kappa shape index (κ3) is 2.78. The van der Waals surface area contributed by atoms with Gasteiger partial charge in [0.1, 0.15) is 0 Å². The Morgan fingerprint density at radius 1 is 1.08 bits per heavy atom. The van der Waals surface area contributed by atoms with Gasteiger partial charge in [0.05, 0.1) is 39.1 Å². The first-order valence-electron chi connectivity index (χ1n) is 7.46. The predicted octanol–water partition coefficient (Wildman–Crippen LogP) is 2.36. The van der Waals surface area contributed by atoms with Crippen molar-refractivity contribution >= 4 is 16.8 Å². The van der Waals surface area contributed by atoms with Crippen molar-refractivity contribution in [1.82, 2.24) is 4.98 Å². The standard InChI is InChI=1S/C18H18N2O4/c1-22-15-9-13(10-16(23-2)17(15)24-3)14(21)11-20-8-4-5-12-6-7-19-18(12)20/h4-10H,11H2,1-3H3/p+1. The van der Waals surface area contributed by atoms with Crippen LogP contribution >= 0.6 is 0 Å². The molecule has 0 saturated heterocycles. The lowest BCUT2D eigenvalue weighted by atomic mass is 10.1. The molecule has 0 saturated carbocycles. The van der Waals surface area contributed by atoms with E-state index < -0.39 is 0 Å². The fraction of sp³-hybridized carbons (Fsp3) is 0.222. The van der Waals surface area contributed by atoms with E-state index in [-0.39, 0.29) is 12.3 Å². The molecule has 0 spiro atoms. The number of Topliss-reactive ketones (excluding diaryl/α,β-unsaturated/α-hetero) is 1. The topological polar surface area (TPSA) is 64.4 Å². The summed E-state index contributed by atoms with van der Waals surface area (Å²) in [4.78, 5) is 15.9. The molecule has 0 atom stereocenters. The van der Waals surface area contributed by atoms with Gasteiger partial charge < -0.3 is 14.2 Å². The number of ketones is 1. The second-order valence-corrected chi connectivity index (χ2v) is 5.25. The van der Waals surface area contributed by atoms with Crippen LogP contribution in [0, 0.1) is 0 Å². The van der Waals surface area contributed by atoms with Crippen molar-refractivity contribution in [2.45, 2.75) is 6.54 Å². The SMILES string of the molecule is COc1cc(C(=O)C[n+]2cccc3cc[nH]c32)cc(OC)c1OC. The van der Waals surface area contributed by atoms with Crippen LogP contribution in [0.15, 0.2) is 42.7 Å². The third-order valence-corrected chi connectivity index (χ3v) is 3.89. The molecule has 2 heterocycles. The Bertz CT molecular complexity index is 861. The Morgan fingerprint density at radius 3 is 2.42 bits per heavy atom. The molecule has 1 N–H and O–H groups in total. The van der Waals surface area contributed by atoms with E-state index in [1.54, 1.807) is 12.1 Å². The quantitative estimate of drug-likeness (QED) is 0.558. The largest absolute Gasteiger partial charge is 0.493 e. The van der Waals surface area contributed by atoms with Crippen LogP contribution in [0.5, 0.6) is 17.2 Å². The van der Waals surface area contributed by atoms with Gasteiger partial charge in [0.2, 0.25) is 11.5 Å². The van der Waals surface area contributed by atoms with Crippen molar-refractivity contribution in [2.24, 2.45) is 0 Å². The van der Waals surface area contributed by atoms with E-state index in [0.29, 0.717) is 22.8 Å². The van der Waals surface area contributed by atoms with E-state index in [2.05, 4.69) is 4.98 Å². The van der Waals surface area contributed by atoms with Crippen molar-refractivity contribution in [3.05, 3.63) is 48.3 Å². The molecule has 0 aliphatic carbocycles. The van der Waals surface area contributed by atoms with E-state index in [4.69, 9.17) is 14.2 Å². The van der Waals surface area contributed by atoms with E-state index in [1.807, 2.05) is 35.2 Å². The van der Waals surface area contributed by atoms with Crippen molar-refractivity contribution in [2.75, 3.05) is 21.3 Å². The number of rotatable bonds is 6. The van der Waals surface area contributed by atoms with Crippen molar-refractivity contribution in [3.8, 4) is 17.2 Å². The summed E-state index contributed by atoms with van der Waals surface area (Å²) in [6.45, 7) is 0.205. The molecular weight excluding hydrogens is 308 g/mol. The average Bonchev–Trinajstić information content (AvgIpc) is 3.10. The fourth-order valence-corrected chi connectivity index (χ4v) is 2.70. The number of nitrogens with one attached hydrogen (secondary N) is 1. The first kappa shape index (κ1) is 15.9. The number of fused-ring (bicyclic) bond motifs is 1. The van der Waals surface area contributed by atoms with Gasteiger partial charge in [-0.25, -0.2) is 9.55 Å². The van der Waals surface area contributed by atoms with E-state index in [0.717, 1.165) is 11.0 Å². The molecule has 0 unspecified atom stereocenters. The minimum atomic E-state index is -0.0543. The number of hydrogen-bond donors (Lipinski definition) is 1. The number of ether oxygens (including phenoxy) is 3. The lowest BCUT2D eigenvalue weighted by molar-refractivity contribution is -0.658. The number of benzene rings is 1. The summed E-state index contributed by atoms with van der Waals surface area (Å²) in [7, 11) is 4.59. The molecule has 3 rings (SSSR count). The van der Waals surface area contributed by atoms with E-state index in [1.165, 1.54) is 21.3 Å². The molecule has 0 radical (unpaired) electrons. The van der Waals surface area contributed by atoms with Crippen LogP contribution in [-0.4, -0.2) is 32.1 Å². The monoisotopic (exact) mass is 327 g/mol. The number of carbonyl (C=O) groups excluding carboxylic acids is 1. The summed E-state index contributed by atoms with van der Waals surface area (Å²) in [5, 5.41) is 1.05. The van der Waals surface area contributed by atoms with Gasteiger partial charge in [0.25, 0.3) is 5.65 Å². The maximum absolute atomic E-state index is 12.7. The summed E-state index contributed by atoms with van der Waals surface area (Å²) < 4.78 is 17.8. The van der Waals surface area contributed by atoms with Gasteiger partial charge >= 0.3 is 0 Å². The zero-order valence-corrected chi connectivity index (χ0v) is 13.8. The molecule has 24 heavy (non-hydrogen) atoms. The number of H-pyrrole nitrogens is 1. The summed E-state index contributed by atoms with van der Waals surface area (Å²) >= 11 is 0. The Morgan fingerprint density at radius 2 is 1.79 bits per heavy atom. The van der Waals surface area contributed by atoms with Gasteiger partial charge in [-0.15, -0.1) is 0 Å². The van der Waals surface area contributed by atoms with Crippen LogP contribution in [0.3, 0.4) is 0 Å². The summed E-state index contributed by atoms with van der Waals surface area (Å²) in [5.74, 6) is 1.34. The first-order valence-corrected chi connectivity index (χ1v) is 7.46. The number of aromatic amines is 1. The molecule has 0 fully saturated rings. The van der Waals surface area contributed by atoms with Crippen molar-refractivity contribution < 1.29 is 23.6 Å². The minimum Gasteiger partial charge on any atom is -0.493 e. The van der Waals surface area contributed by atoms with Gasteiger partial charge in [-0.1, -0.05) is 0 Å². The van der Waals surface area contributed by atoms with Crippen LogP contribution in [0.4, 0.5) is 0 Å². The number of hydrogen-bond acceptors (Lipinski definition) is 4. The molecule has 0 amide bonds. The Hall–Kier alpha value is -3.02. The van der Waals surface area contributed by atoms with E-state index in [9.17, 15) is 4.79 Å². The maximum Gasteiger partial charge on any atom is 0.286 e. The van der Waals surface area contributed by atoms with Crippen LogP contribution in [0.1, 0.15) is 10.4 Å². The van der Waals surface area contributed by atoms with Crippen LogP contribution in [0.25, 0.3) is 11.0 Å². The molecule has 0 aliphatic heterocycles. The average molecular weight is 327 g/mol. The molecule has 0 aliphatic rings. The Balaban J connectivity index is 1.96. The molecular formula is C18H19N2O4+. The highest BCUT2D eigenvalue weighted by atomic mass is 16.5. The van der Waals surface area contributed by atoms with Crippen LogP contribution in [-0.2, 0) is 6.54 Å². The summed E-state index contributed by atoms with van der Waals surface area (Å²) in [6, 6.07) is 9.21. The highest BCUT2D eigenvalue weighted by molar-refractivity contribution is 5.96. The zero-order chi connectivity index (χ0) is 17.1. The molecule has 124 valence electrons. The molecule has 1 aromatic carbocycles. The molecule has 2 aromatic heterocycles. The van der Waals surface area contributed by atoms with Crippen LogP contribution < -0.4 is 18.8 Å². The van der Waals surface area contributed by atoms with Crippen LogP contribution in [0.2, 0.25) is 0 Å². The Kier molecular flexibility index (Phi) is 4.37. The minimum absolute atomic E-state index is 0.0543. The highest BCUT2D eigenvalue weighted by Gasteiger charge is 2.19. The van der Waals surface area contributed by atoms with Gasteiger partial charge in [0.15, 0.2) is 18.0 Å². The Labute approximate surface area is 139 Å². The number of nitrogens with zero attached hydrogens (tertiary/aromatic N) is 1. The smallest absolute Gasteiger partial charge is 0.286 e. The van der Waals surface area contributed by atoms with Crippen molar-refractivity contribution in [1.29, 1.82) is 0 Å². The van der Waals surface area contributed by atoms with Gasteiger partial charge in [-0.05, 0) is 30.3 Å². The van der Waals surface area contributed by atoms with Crippen molar-refractivity contribution in [3.63, 3.8) is 0 Å². The first-order chi connectivity index (χ1) is 11.7. The second-order valence-electron chi connectivity index (χ2n) is 5.25. The second kappa shape index (κ2) is 6.62. The number of carbonyl (C=O) groups is 1. The molecule has 6 heteroatoms. The summed E-state index contributed by atoms with van der Waals surface area (Å²) in [5.41, 5.74) is 1.40. The van der Waals surface area contributed by atoms with Gasteiger partial charge in [-0.3, -0.25) is 4.79 Å². The number of pyridine rings is 1. The van der Waals surface area contributed by atoms with Gasteiger partial charge in [-0.2, -0.15) is 0 Å². The highest BCUT2D eigenvalue weighted by Crippen LogP contribution is 2.38. The fourth-order valence-electron chi connectivity index (χ4n) is 2.70. The number of methoxy groups -OCH3 is 3. The number of aromatic nitrogens is 2. The lowest BCUT2D eigenvalue weighted by Gasteiger charge is -2.13. The van der Waals surface area contributed by atoms with Gasteiger partial charge in [0, 0.05) is 5.56 Å². The molecule has 6 nitrogen and oxygen atoms in total.